The van der Waals surface area contributed by atoms with Crippen LogP contribution in [0.4, 0.5) is 5.95 Å². The lowest BCUT2D eigenvalue weighted by Gasteiger charge is -2.14. The highest BCUT2D eigenvalue weighted by molar-refractivity contribution is 6.10. The Morgan fingerprint density at radius 1 is 1.20 bits per heavy atom. The Bertz CT molecular complexity index is 781. The van der Waals surface area contributed by atoms with Crippen molar-refractivity contribution in [2.45, 2.75) is 0 Å². The van der Waals surface area contributed by atoms with Gasteiger partial charge in [0.1, 0.15) is 5.52 Å². The molecule has 0 spiro atoms. The molecule has 20 heavy (non-hydrogen) atoms. The summed E-state index contributed by atoms with van der Waals surface area (Å²) < 4.78 is 0. The summed E-state index contributed by atoms with van der Waals surface area (Å²) >= 11 is 0. The number of nitrogens with one attached hydrogen (secondary N) is 1. The zero-order valence-electron chi connectivity index (χ0n) is 10.6. The fourth-order valence-electron chi connectivity index (χ4n) is 1.78. The van der Waals surface area contributed by atoms with Crippen LogP contribution in [0.25, 0.3) is 10.9 Å². The predicted molar refractivity (Wildman–Crippen MR) is 70.2 cm³/mol. The van der Waals surface area contributed by atoms with Crippen molar-refractivity contribution in [2.24, 2.45) is 5.73 Å². The number of carbonyl (C=O) groups excluding carboxylic acids is 1. The van der Waals surface area contributed by atoms with Crippen molar-refractivity contribution in [3.8, 4) is 17.2 Å². The molecule has 0 fully saturated rings. The van der Waals surface area contributed by atoms with Crippen molar-refractivity contribution in [3.63, 3.8) is 0 Å². The molecule has 6 N–H and O–H groups in total. The molecule has 0 bridgehead atoms. The number of anilines is 1. The molecular formula is C11H12N4O5. The van der Waals surface area contributed by atoms with E-state index in [-0.39, 0.29) is 11.5 Å². The number of nitrogens with two attached hydrogens (primary N) is 1. The first-order valence-corrected chi connectivity index (χ1v) is 5.43. The van der Waals surface area contributed by atoms with Gasteiger partial charge >= 0.3 is 0 Å². The van der Waals surface area contributed by atoms with Gasteiger partial charge in [0.2, 0.25) is 11.7 Å². The molecule has 1 aromatic heterocycles. The fourth-order valence-corrected chi connectivity index (χ4v) is 1.78. The van der Waals surface area contributed by atoms with Crippen LogP contribution in [0, 0.1) is 0 Å². The van der Waals surface area contributed by atoms with Crippen LogP contribution >= 0.6 is 0 Å². The molecule has 0 atom stereocenters. The highest BCUT2D eigenvalue weighted by Gasteiger charge is 2.25. The number of aromatic amines is 1. The van der Waals surface area contributed by atoms with Gasteiger partial charge in [-0.15, -0.1) is 0 Å². The Kier molecular flexibility index (Phi) is 2.89. The minimum atomic E-state index is -1.13. The molecule has 0 saturated carbocycles. The molecule has 0 aliphatic carbocycles. The number of benzene rings is 1. The zero-order valence-corrected chi connectivity index (χ0v) is 10.6. The quantitative estimate of drug-likeness (QED) is 0.451. The smallest absolute Gasteiger partial charge is 0.261 e. The second-order valence-corrected chi connectivity index (χ2v) is 4.29. The molecule has 9 heteroatoms. The topological polar surface area (TPSA) is 153 Å². The van der Waals surface area contributed by atoms with Crippen molar-refractivity contribution in [3.05, 3.63) is 15.9 Å². The van der Waals surface area contributed by atoms with Crippen molar-refractivity contribution >= 4 is 22.8 Å². The number of phenols is 3. The van der Waals surface area contributed by atoms with Crippen molar-refractivity contribution in [1.29, 1.82) is 0 Å². The van der Waals surface area contributed by atoms with E-state index in [0.29, 0.717) is 0 Å². The van der Waals surface area contributed by atoms with Gasteiger partial charge < -0.3 is 26.0 Å². The number of phenolic OH excluding ortho intramolecular Hbond substituents is 2. The van der Waals surface area contributed by atoms with Crippen LogP contribution in [0.1, 0.15) is 10.4 Å². The van der Waals surface area contributed by atoms with E-state index < -0.39 is 39.7 Å². The largest absolute Gasteiger partial charge is 0.504 e. The second kappa shape index (κ2) is 4.30. The summed E-state index contributed by atoms with van der Waals surface area (Å²) in [5.74, 6) is -3.77. The SMILES string of the molecule is CN(C)c1nc2c(O)c(O)c(O)c(C(N)=O)c2c(=O)[nH]1. The number of rotatable bonds is 2. The molecule has 1 amide bonds. The van der Waals surface area contributed by atoms with E-state index in [0.717, 1.165) is 0 Å². The standard InChI is InChI=1S/C11H12N4O5/c1-15(2)11-13-5-3(10(20)14-11)4(9(12)19)6(16)8(18)7(5)17/h16-18H,1-2H3,(H2,12,19)(H,13,14,20). The van der Waals surface area contributed by atoms with E-state index in [2.05, 4.69) is 9.97 Å². The van der Waals surface area contributed by atoms with E-state index in [4.69, 9.17) is 5.73 Å². The number of carbonyl (C=O) groups is 1. The van der Waals surface area contributed by atoms with E-state index in [1.165, 1.54) is 4.90 Å². The number of aromatic hydroxyl groups is 3. The van der Waals surface area contributed by atoms with Crippen molar-refractivity contribution in [2.75, 3.05) is 19.0 Å². The van der Waals surface area contributed by atoms with Crippen LogP contribution in [0.3, 0.4) is 0 Å². The second-order valence-electron chi connectivity index (χ2n) is 4.29. The van der Waals surface area contributed by atoms with Gasteiger partial charge in [-0.2, -0.15) is 0 Å². The molecule has 106 valence electrons. The summed E-state index contributed by atoms with van der Waals surface area (Å²) in [6.45, 7) is 0. The van der Waals surface area contributed by atoms with Gasteiger partial charge in [0.15, 0.2) is 11.5 Å². The van der Waals surface area contributed by atoms with E-state index in [1.54, 1.807) is 14.1 Å². The lowest BCUT2D eigenvalue weighted by atomic mass is 10.1. The van der Waals surface area contributed by atoms with Crippen LogP contribution in [0.5, 0.6) is 17.2 Å². The van der Waals surface area contributed by atoms with E-state index >= 15 is 0 Å². The Hall–Kier alpha value is -2.97. The number of H-pyrrole nitrogens is 1. The third-order valence-electron chi connectivity index (χ3n) is 2.74. The number of fused-ring (bicyclic) bond motifs is 1. The monoisotopic (exact) mass is 280 g/mol. The molecule has 2 aromatic rings. The fraction of sp³-hybridized carbons (Fsp3) is 0.182. The van der Waals surface area contributed by atoms with Gasteiger partial charge in [0, 0.05) is 14.1 Å². The molecule has 1 heterocycles. The third-order valence-corrected chi connectivity index (χ3v) is 2.74. The van der Waals surface area contributed by atoms with Gasteiger partial charge in [-0.3, -0.25) is 14.6 Å². The van der Waals surface area contributed by atoms with Gasteiger partial charge in [-0.1, -0.05) is 0 Å². The molecule has 0 aliphatic heterocycles. The Morgan fingerprint density at radius 2 is 1.80 bits per heavy atom. The highest BCUT2D eigenvalue weighted by Crippen LogP contribution is 2.42. The molecule has 0 aliphatic rings. The zero-order chi connectivity index (χ0) is 15.2. The lowest BCUT2D eigenvalue weighted by Crippen LogP contribution is -2.22. The number of amides is 1. The molecule has 2 rings (SSSR count). The summed E-state index contributed by atoms with van der Waals surface area (Å²) in [4.78, 5) is 31.1. The van der Waals surface area contributed by atoms with E-state index in [1.807, 2.05) is 0 Å². The van der Waals surface area contributed by atoms with Crippen LogP contribution in [0.2, 0.25) is 0 Å². The van der Waals surface area contributed by atoms with Gasteiger partial charge in [0.05, 0.1) is 10.9 Å². The average molecular weight is 280 g/mol. The predicted octanol–water partition coefficient (Wildman–Crippen LogP) is -0.795. The Morgan fingerprint density at radius 3 is 2.30 bits per heavy atom. The first kappa shape index (κ1) is 13.5. The number of hydrogen-bond donors (Lipinski definition) is 5. The first-order chi connectivity index (χ1) is 9.25. The third kappa shape index (κ3) is 1.76. The molecule has 9 nitrogen and oxygen atoms in total. The minimum absolute atomic E-state index is 0.0957. The van der Waals surface area contributed by atoms with Crippen LogP contribution in [-0.2, 0) is 0 Å². The number of primary amides is 1. The Labute approximate surface area is 111 Å². The van der Waals surface area contributed by atoms with Gasteiger partial charge in [-0.05, 0) is 0 Å². The number of hydrogen-bond acceptors (Lipinski definition) is 7. The summed E-state index contributed by atoms with van der Waals surface area (Å²) in [7, 11) is 3.19. The molecule has 1 aromatic carbocycles. The van der Waals surface area contributed by atoms with Gasteiger partial charge in [-0.25, -0.2) is 4.98 Å². The first-order valence-electron chi connectivity index (χ1n) is 5.43. The summed E-state index contributed by atoms with van der Waals surface area (Å²) in [6, 6.07) is 0. The van der Waals surface area contributed by atoms with Crippen molar-refractivity contribution < 1.29 is 20.1 Å². The Balaban J connectivity index is 3.09. The van der Waals surface area contributed by atoms with Gasteiger partial charge in [0.25, 0.3) is 11.5 Å². The normalized spacial score (nSPS) is 10.7. The molecule has 0 radical (unpaired) electrons. The molecule has 0 saturated heterocycles. The highest BCUT2D eigenvalue weighted by atomic mass is 16.3. The maximum absolute atomic E-state index is 12.0. The maximum atomic E-state index is 12.0. The van der Waals surface area contributed by atoms with Crippen molar-refractivity contribution in [1.82, 2.24) is 9.97 Å². The minimum Gasteiger partial charge on any atom is -0.504 e. The number of aromatic nitrogens is 2. The molecular weight excluding hydrogens is 268 g/mol. The average Bonchev–Trinajstić information content (AvgIpc) is 2.36. The number of nitrogens with zero attached hydrogens (tertiary/aromatic N) is 2. The van der Waals surface area contributed by atoms with E-state index in [9.17, 15) is 24.9 Å². The summed E-state index contributed by atoms with van der Waals surface area (Å²) in [5, 5.41) is 28.6. The lowest BCUT2D eigenvalue weighted by molar-refractivity contribution is 0.0998. The van der Waals surface area contributed by atoms with Crippen LogP contribution in [0.15, 0.2) is 4.79 Å². The summed E-state index contributed by atoms with van der Waals surface area (Å²) in [6.07, 6.45) is 0. The van der Waals surface area contributed by atoms with Crippen LogP contribution in [-0.4, -0.2) is 45.3 Å². The molecule has 0 unspecified atom stereocenters. The van der Waals surface area contributed by atoms with Crippen LogP contribution < -0.4 is 16.2 Å². The summed E-state index contributed by atoms with van der Waals surface area (Å²) in [5.41, 5.74) is 3.37. The maximum Gasteiger partial charge on any atom is 0.261 e.